The molecule has 3 aromatic carbocycles. The number of aryl methyl sites for hydroxylation is 1. The molecule has 0 radical (unpaired) electrons. The summed E-state index contributed by atoms with van der Waals surface area (Å²) in [4.78, 5) is 12.4. The second-order valence-corrected chi connectivity index (χ2v) is 11.8. The molecule has 0 saturated carbocycles. The maximum atomic E-state index is 12.3. The Labute approximate surface area is 222 Å². The van der Waals surface area contributed by atoms with Crippen molar-refractivity contribution in [3.8, 4) is 17.0 Å². The number of hydrogen-bond acceptors (Lipinski definition) is 6. The van der Waals surface area contributed by atoms with Crippen LogP contribution in [0.3, 0.4) is 0 Å². The van der Waals surface area contributed by atoms with Gasteiger partial charge in [-0.25, -0.2) is 0 Å². The number of rotatable bonds is 8. The van der Waals surface area contributed by atoms with Crippen LogP contribution in [-0.4, -0.2) is 43.2 Å². The SMILES string of the molecule is CC(=O)N1N=C(c2ccc(OCc3cc(-c4ccc(C)cc4)no3)cc2)OC1C(C)[Se]c1ccccc1. The van der Waals surface area contributed by atoms with Crippen molar-refractivity contribution in [2.45, 2.75) is 38.4 Å². The molecule has 8 heteroatoms. The van der Waals surface area contributed by atoms with Crippen LogP contribution in [0.2, 0.25) is 4.82 Å². The van der Waals surface area contributed by atoms with Gasteiger partial charge < -0.3 is 0 Å². The monoisotopic (exact) mass is 561 g/mol. The summed E-state index contributed by atoms with van der Waals surface area (Å²) >= 11 is 0.127. The van der Waals surface area contributed by atoms with Gasteiger partial charge in [-0.1, -0.05) is 35.0 Å². The molecular formula is C29H27N3O4Se. The molecule has 1 aliphatic rings. The molecule has 0 N–H and O–H groups in total. The molecule has 2 unspecified atom stereocenters. The van der Waals surface area contributed by atoms with Crippen LogP contribution in [0.4, 0.5) is 0 Å². The minimum atomic E-state index is -0.433. The fraction of sp³-hybridized carbons (Fsp3) is 0.207. The van der Waals surface area contributed by atoms with Crippen LogP contribution in [0.5, 0.6) is 5.75 Å². The summed E-state index contributed by atoms with van der Waals surface area (Å²) in [7, 11) is 0. The fourth-order valence-electron chi connectivity index (χ4n) is 3.87. The first-order chi connectivity index (χ1) is 18.0. The van der Waals surface area contributed by atoms with Crippen molar-refractivity contribution in [1.82, 2.24) is 10.2 Å². The van der Waals surface area contributed by atoms with E-state index in [9.17, 15) is 4.79 Å². The Balaban J connectivity index is 1.21. The molecule has 5 rings (SSSR count). The summed E-state index contributed by atoms with van der Waals surface area (Å²) < 4.78 is 18.8. The molecule has 188 valence electrons. The van der Waals surface area contributed by atoms with Gasteiger partial charge in [-0.2, -0.15) is 0 Å². The van der Waals surface area contributed by atoms with Crippen LogP contribution in [0.25, 0.3) is 11.3 Å². The molecule has 0 bridgehead atoms. The number of ether oxygens (including phenoxy) is 2. The van der Waals surface area contributed by atoms with E-state index < -0.39 is 6.23 Å². The molecule has 2 heterocycles. The fourth-order valence-corrected chi connectivity index (χ4v) is 6.04. The third-order valence-corrected chi connectivity index (χ3v) is 8.26. The van der Waals surface area contributed by atoms with Crippen LogP contribution in [0, 0.1) is 6.92 Å². The quantitative estimate of drug-likeness (QED) is 0.286. The molecule has 0 saturated heterocycles. The molecule has 4 aromatic rings. The van der Waals surface area contributed by atoms with E-state index in [-0.39, 0.29) is 32.3 Å². The van der Waals surface area contributed by atoms with Crippen LogP contribution in [0.1, 0.15) is 30.7 Å². The van der Waals surface area contributed by atoms with Crippen LogP contribution < -0.4 is 9.20 Å². The molecule has 37 heavy (non-hydrogen) atoms. The minimum absolute atomic E-state index is 0.120. The van der Waals surface area contributed by atoms with Crippen molar-refractivity contribution in [3.05, 3.63) is 102 Å². The first-order valence-corrected chi connectivity index (χ1v) is 13.8. The Morgan fingerprint density at radius 2 is 1.73 bits per heavy atom. The van der Waals surface area contributed by atoms with E-state index in [1.807, 2.05) is 79.7 Å². The molecule has 0 aliphatic carbocycles. The van der Waals surface area contributed by atoms with E-state index in [1.54, 1.807) is 0 Å². The molecular weight excluding hydrogens is 533 g/mol. The van der Waals surface area contributed by atoms with Crippen molar-refractivity contribution >= 4 is 31.2 Å². The molecule has 1 aromatic heterocycles. The van der Waals surface area contributed by atoms with E-state index in [0.717, 1.165) is 16.8 Å². The number of benzene rings is 3. The zero-order valence-electron chi connectivity index (χ0n) is 20.8. The number of aromatic nitrogens is 1. The molecule has 0 spiro atoms. The summed E-state index contributed by atoms with van der Waals surface area (Å²) in [5.41, 5.74) is 3.75. The first kappa shape index (κ1) is 24.8. The zero-order valence-corrected chi connectivity index (χ0v) is 22.5. The van der Waals surface area contributed by atoms with Crippen LogP contribution >= 0.6 is 0 Å². The van der Waals surface area contributed by atoms with Gasteiger partial charge in [-0.15, -0.1) is 0 Å². The molecule has 0 fully saturated rings. The number of hydrogen-bond donors (Lipinski definition) is 0. The van der Waals surface area contributed by atoms with Crippen molar-refractivity contribution in [3.63, 3.8) is 0 Å². The first-order valence-electron chi connectivity index (χ1n) is 12.0. The zero-order chi connectivity index (χ0) is 25.8. The topological polar surface area (TPSA) is 77.2 Å². The third kappa shape index (κ3) is 5.93. The van der Waals surface area contributed by atoms with Gasteiger partial charge in [0.05, 0.1) is 0 Å². The number of carbonyl (C=O) groups is 1. The predicted molar refractivity (Wildman–Crippen MR) is 143 cm³/mol. The summed E-state index contributed by atoms with van der Waals surface area (Å²) in [6, 6.07) is 27.7. The summed E-state index contributed by atoms with van der Waals surface area (Å²) in [6.07, 6.45) is -0.433. The van der Waals surface area contributed by atoms with Gasteiger partial charge >= 0.3 is 169 Å². The maximum absolute atomic E-state index is 12.3. The molecule has 1 amide bonds. The van der Waals surface area contributed by atoms with E-state index in [1.165, 1.54) is 22.0 Å². The number of amides is 1. The summed E-state index contributed by atoms with van der Waals surface area (Å²) in [6.45, 7) is 5.91. The second-order valence-electron chi connectivity index (χ2n) is 8.77. The van der Waals surface area contributed by atoms with Crippen molar-refractivity contribution < 1.29 is 18.8 Å². The van der Waals surface area contributed by atoms with Gasteiger partial charge in [0.2, 0.25) is 0 Å². The molecule has 2 atom stereocenters. The Bertz CT molecular complexity index is 1380. The van der Waals surface area contributed by atoms with Crippen molar-refractivity contribution in [2.75, 3.05) is 0 Å². The second kappa shape index (κ2) is 11.0. The number of carbonyl (C=O) groups excluding carboxylic acids is 1. The van der Waals surface area contributed by atoms with Crippen LogP contribution in [0.15, 0.2) is 94.6 Å². The standard InChI is InChI=1S/C29H27N3O4Se/c1-19-9-11-22(12-10-19)27-17-25(36-31-27)18-34-24-15-13-23(14-16-24)28-30-32(21(3)33)29(35-28)20(2)37-26-7-5-4-6-8-26/h4-17,20,29H,18H2,1-3H3. The van der Waals surface area contributed by atoms with Gasteiger partial charge in [-0.3, -0.25) is 0 Å². The predicted octanol–water partition coefficient (Wildman–Crippen LogP) is 4.93. The Morgan fingerprint density at radius 3 is 2.43 bits per heavy atom. The third-order valence-electron chi connectivity index (χ3n) is 5.85. The molecule has 7 nitrogen and oxygen atoms in total. The summed E-state index contributed by atoms with van der Waals surface area (Å²) in [5.74, 6) is 1.60. The average Bonchev–Trinajstić information content (AvgIpc) is 3.57. The van der Waals surface area contributed by atoms with Crippen molar-refractivity contribution in [1.29, 1.82) is 0 Å². The Kier molecular flexibility index (Phi) is 7.40. The normalized spacial score (nSPS) is 15.7. The van der Waals surface area contributed by atoms with Gasteiger partial charge in [0.15, 0.2) is 0 Å². The van der Waals surface area contributed by atoms with Crippen LogP contribution in [-0.2, 0) is 16.1 Å². The molecule has 1 aliphatic heterocycles. The van der Waals surface area contributed by atoms with E-state index in [0.29, 0.717) is 17.4 Å². The Hall–Kier alpha value is -3.87. The van der Waals surface area contributed by atoms with Gasteiger partial charge in [0, 0.05) is 5.56 Å². The van der Waals surface area contributed by atoms with E-state index >= 15 is 0 Å². The van der Waals surface area contributed by atoms with Gasteiger partial charge in [0.25, 0.3) is 0 Å². The number of hydrazone groups is 1. The van der Waals surface area contributed by atoms with Gasteiger partial charge in [0.1, 0.15) is 5.69 Å². The van der Waals surface area contributed by atoms with E-state index in [2.05, 4.69) is 29.3 Å². The number of nitrogens with zero attached hydrogens (tertiary/aromatic N) is 3. The van der Waals surface area contributed by atoms with E-state index in [4.69, 9.17) is 14.0 Å². The average molecular weight is 561 g/mol. The van der Waals surface area contributed by atoms with Gasteiger partial charge in [-0.05, 0) is 6.92 Å². The Morgan fingerprint density at radius 1 is 1.03 bits per heavy atom. The summed E-state index contributed by atoms with van der Waals surface area (Å²) in [5, 5.41) is 10.1. The van der Waals surface area contributed by atoms with Crippen molar-refractivity contribution in [2.24, 2.45) is 5.10 Å².